The Labute approximate surface area is 121 Å². The number of aromatic nitrogens is 3. The number of nitrogens with zero attached hydrogens (tertiary/aromatic N) is 3. The minimum atomic E-state index is -0.229. The highest BCUT2D eigenvalue weighted by Crippen LogP contribution is 2.32. The second-order valence-corrected chi connectivity index (χ2v) is 4.81. The third-order valence-corrected chi connectivity index (χ3v) is 3.35. The van der Waals surface area contributed by atoms with Crippen LogP contribution in [0.4, 0.5) is 0 Å². The van der Waals surface area contributed by atoms with Crippen LogP contribution in [0, 0.1) is 0 Å². The smallest absolute Gasteiger partial charge is 0.161 e. The molecule has 5 nitrogen and oxygen atoms in total. The lowest BCUT2D eigenvalue weighted by molar-refractivity contribution is 0.402. The van der Waals surface area contributed by atoms with Crippen molar-refractivity contribution in [2.24, 2.45) is 7.05 Å². The van der Waals surface area contributed by atoms with E-state index >= 15 is 0 Å². The average Bonchev–Trinajstić information content (AvgIpc) is 2.74. The molecule has 0 bridgehead atoms. The maximum Gasteiger partial charge on any atom is 0.161 e. The lowest BCUT2D eigenvalue weighted by atomic mass is 10.1. The predicted molar refractivity (Wildman–Crippen MR) is 74.9 cm³/mol. The molecule has 0 saturated heterocycles. The van der Waals surface area contributed by atoms with Gasteiger partial charge in [-0.3, -0.25) is 9.67 Å². The van der Waals surface area contributed by atoms with Crippen LogP contribution in [0.5, 0.6) is 5.75 Å². The molecule has 0 saturated carbocycles. The number of nitrogens with one attached hydrogen (secondary N) is 1. The summed E-state index contributed by atoms with van der Waals surface area (Å²) in [6, 6.07) is 1.44. The molecular weight excluding hydrogens is 287 g/mol. The number of methoxy groups -OCH3 is 1. The monoisotopic (exact) mass is 300 g/mol. The lowest BCUT2D eigenvalue weighted by Gasteiger charge is -2.18. The van der Waals surface area contributed by atoms with Crippen LogP contribution in [-0.4, -0.2) is 28.9 Å². The predicted octanol–water partition coefficient (Wildman–Crippen LogP) is 2.44. The molecule has 1 unspecified atom stereocenters. The Morgan fingerprint density at radius 1 is 1.37 bits per heavy atom. The summed E-state index contributed by atoms with van der Waals surface area (Å²) in [6.07, 6.45) is 3.22. The maximum absolute atomic E-state index is 6.21. The van der Waals surface area contributed by atoms with Gasteiger partial charge in [0, 0.05) is 13.2 Å². The van der Waals surface area contributed by atoms with Gasteiger partial charge in [0.25, 0.3) is 0 Å². The van der Waals surface area contributed by atoms with Gasteiger partial charge < -0.3 is 10.1 Å². The van der Waals surface area contributed by atoms with Crippen LogP contribution in [0.25, 0.3) is 0 Å². The van der Waals surface area contributed by atoms with Gasteiger partial charge in [-0.15, -0.1) is 0 Å². The van der Waals surface area contributed by atoms with Crippen molar-refractivity contribution in [3.8, 4) is 5.75 Å². The molecule has 2 aromatic heterocycles. The van der Waals surface area contributed by atoms with Gasteiger partial charge in [0.15, 0.2) is 5.75 Å². The van der Waals surface area contributed by atoms with Crippen LogP contribution < -0.4 is 10.1 Å². The number of hydrogen-bond acceptors (Lipinski definition) is 4. The Bertz CT molecular complexity index is 585. The van der Waals surface area contributed by atoms with E-state index in [0.717, 1.165) is 5.69 Å². The molecular formula is C12H14Cl2N4O. The molecule has 0 spiro atoms. The van der Waals surface area contributed by atoms with E-state index in [9.17, 15) is 0 Å². The number of ether oxygens (including phenoxy) is 1. The van der Waals surface area contributed by atoms with Crippen molar-refractivity contribution in [3.63, 3.8) is 0 Å². The summed E-state index contributed by atoms with van der Waals surface area (Å²) in [5, 5.41) is 8.35. The summed E-state index contributed by atoms with van der Waals surface area (Å²) in [5.74, 6) is 0.676. The molecule has 1 N–H and O–H groups in total. The highest BCUT2D eigenvalue weighted by Gasteiger charge is 2.24. The molecule has 2 aromatic rings. The Kier molecular flexibility index (Phi) is 4.29. The molecule has 0 aromatic carbocycles. The van der Waals surface area contributed by atoms with Gasteiger partial charge in [0.1, 0.15) is 5.69 Å². The van der Waals surface area contributed by atoms with E-state index in [-0.39, 0.29) is 6.04 Å². The Hall–Kier alpha value is -1.30. The van der Waals surface area contributed by atoms with E-state index in [1.807, 2.05) is 14.1 Å². The van der Waals surface area contributed by atoms with E-state index in [0.29, 0.717) is 21.5 Å². The van der Waals surface area contributed by atoms with Gasteiger partial charge in [-0.2, -0.15) is 5.10 Å². The van der Waals surface area contributed by atoms with Gasteiger partial charge in [0.2, 0.25) is 0 Å². The van der Waals surface area contributed by atoms with Crippen molar-refractivity contribution in [1.29, 1.82) is 0 Å². The second kappa shape index (κ2) is 5.77. The molecule has 0 fully saturated rings. The lowest BCUT2D eigenvalue weighted by Crippen LogP contribution is -2.22. The Morgan fingerprint density at radius 2 is 2.11 bits per heavy atom. The number of pyridine rings is 1. The first-order valence-electron chi connectivity index (χ1n) is 5.62. The zero-order valence-electron chi connectivity index (χ0n) is 10.8. The molecule has 0 aliphatic heterocycles. The molecule has 1 atom stereocenters. The fraction of sp³-hybridized carbons (Fsp3) is 0.333. The Morgan fingerprint density at radius 3 is 2.68 bits per heavy atom. The minimum Gasteiger partial charge on any atom is -0.493 e. The van der Waals surface area contributed by atoms with E-state index in [1.165, 1.54) is 0 Å². The summed E-state index contributed by atoms with van der Waals surface area (Å²) < 4.78 is 7.04. The standard InChI is InChI=1S/C12H14Cl2N4O/c1-15-11(10-8(14)4-7(13)5-16-10)12-9(19-3)6-17-18(12)2/h4-6,11,15H,1-3H3. The van der Waals surface area contributed by atoms with Crippen LogP contribution >= 0.6 is 23.2 Å². The molecule has 2 rings (SSSR count). The maximum atomic E-state index is 6.21. The SMILES string of the molecule is CNC(c1ncc(Cl)cc1Cl)c1c(OC)cnn1C. The second-order valence-electron chi connectivity index (χ2n) is 3.96. The third-order valence-electron chi connectivity index (χ3n) is 2.84. The van der Waals surface area contributed by atoms with E-state index in [4.69, 9.17) is 27.9 Å². The highest BCUT2D eigenvalue weighted by molar-refractivity contribution is 6.34. The molecule has 7 heteroatoms. The van der Waals surface area contributed by atoms with E-state index in [2.05, 4.69) is 15.4 Å². The largest absolute Gasteiger partial charge is 0.493 e. The van der Waals surface area contributed by atoms with Crippen LogP contribution in [0.15, 0.2) is 18.5 Å². The van der Waals surface area contributed by atoms with Crippen molar-refractivity contribution in [2.75, 3.05) is 14.2 Å². The van der Waals surface area contributed by atoms with Crippen molar-refractivity contribution in [2.45, 2.75) is 6.04 Å². The molecule has 19 heavy (non-hydrogen) atoms. The van der Waals surface area contributed by atoms with Crippen LogP contribution in [0.2, 0.25) is 10.0 Å². The molecule has 0 radical (unpaired) electrons. The Balaban J connectivity index is 2.52. The number of rotatable bonds is 4. The molecule has 0 aliphatic rings. The van der Waals surface area contributed by atoms with Crippen molar-refractivity contribution >= 4 is 23.2 Å². The summed E-state index contributed by atoms with van der Waals surface area (Å²) >= 11 is 12.1. The molecule has 102 valence electrons. The molecule has 0 aliphatic carbocycles. The van der Waals surface area contributed by atoms with E-state index < -0.39 is 0 Å². The minimum absolute atomic E-state index is 0.229. The normalized spacial score (nSPS) is 12.5. The van der Waals surface area contributed by atoms with Gasteiger partial charge in [-0.25, -0.2) is 0 Å². The van der Waals surface area contributed by atoms with Gasteiger partial charge in [0.05, 0.1) is 35.1 Å². The van der Waals surface area contributed by atoms with Gasteiger partial charge in [-0.1, -0.05) is 23.2 Å². The third kappa shape index (κ3) is 2.68. The van der Waals surface area contributed by atoms with Crippen LogP contribution in [-0.2, 0) is 7.05 Å². The fourth-order valence-electron chi connectivity index (χ4n) is 1.95. The molecule has 0 amide bonds. The molecule has 2 heterocycles. The van der Waals surface area contributed by atoms with Gasteiger partial charge >= 0.3 is 0 Å². The first kappa shape index (κ1) is 14.1. The summed E-state index contributed by atoms with van der Waals surface area (Å²) in [5.41, 5.74) is 1.53. The summed E-state index contributed by atoms with van der Waals surface area (Å²) in [7, 11) is 5.26. The van der Waals surface area contributed by atoms with Crippen molar-refractivity contribution in [3.05, 3.63) is 39.9 Å². The highest BCUT2D eigenvalue weighted by atomic mass is 35.5. The number of hydrogen-bond donors (Lipinski definition) is 1. The number of halogens is 2. The quantitative estimate of drug-likeness (QED) is 0.942. The summed E-state index contributed by atoms with van der Waals surface area (Å²) in [4.78, 5) is 4.30. The van der Waals surface area contributed by atoms with E-state index in [1.54, 1.807) is 30.3 Å². The average molecular weight is 301 g/mol. The van der Waals surface area contributed by atoms with Crippen LogP contribution in [0.1, 0.15) is 17.4 Å². The zero-order valence-corrected chi connectivity index (χ0v) is 12.3. The zero-order chi connectivity index (χ0) is 14.0. The van der Waals surface area contributed by atoms with Crippen LogP contribution in [0.3, 0.4) is 0 Å². The topological polar surface area (TPSA) is 52.0 Å². The number of aryl methyl sites for hydroxylation is 1. The van der Waals surface area contributed by atoms with Gasteiger partial charge in [-0.05, 0) is 13.1 Å². The van der Waals surface area contributed by atoms with Crippen molar-refractivity contribution < 1.29 is 4.74 Å². The first-order valence-corrected chi connectivity index (χ1v) is 6.38. The first-order chi connectivity index (χ1) is 9.08. The summed E-state index contributed by atoms with van der Waals surface area (Å²) in [6.45, 7) is 0. The fourth-order valence-corrected chi connectivity index (χ4v) is 2.44. The van der Waals surface area contributed by atoms with Crippen molar-refractivity contribution in [1.82, 2.24) is 20.1 Å².